The number of likely N-dealkylation sites (tertiary alicyclic amines) is 1. The number of anilines is 2. The third kappa shape index (κ3) is 4.83. The summed E-state index contributed by atoms with van der Waals surface area (Å²) in [6.45, 7) is 3.98. The van der Waals surface area contributed by atoms with Gasteiger partial charge in [-0.15, -0.1) is 0 Å². The van der Waals surface area contributed by atoms with E-state index in [0.29, 0.717) is 11.4 Å². The molecule has 1 fully saturated rings. The van der Waals surface area contributed by atoms with Crippen LogP contribution in [-0.2, 0) is 0 Å². The van der Waals surface area contributed by atoms with Gasteiger partial charge in [0.2, 0.25) is 0 Å². The van der Waals surface area contributed by atoms with Crippen molar-refractivity contribution in [1.82, 2.24) is 24.6 Å². The molecule has 0 spiro atoms. The molecule has 180 valence electrons. The summed E-state index contributed by atoms with van der Waals surface area (Å²) in [5, 5.41) is 6.57. The Morgan fingerprint density at radius 1 is 1.09 bits per heavy atom. The summed E-state index contributed by atoms with van der Waals surface area (Å²) in [7, 11) is 3.77. The second-order valence-corrected chi connectivity index (χ2v) is 9.05. The number of hydrogen-bond donors (Lipinski definition) is 2. The molecule has 2 N–H and O–H groups in total. The Morgan fingerprint density at radius 3 is 2.57 bits per heavy atom. The number of rotatable bonds is 6. The van der Waals surface area contributed by atoms with E-state index in [1.807, 2.05) is 66.2 Å². The summed E-state index contributed by atoms with van der Waals surface area (Å²) in [6.07, 6.45) is 7.46. The highest BCUT2D eigenvalue weighted by Crippen LogP contribution is 2.27. The van der Waals surface area contributed by atoms with Gasteiger partial charge >= 0.3 is 0 Å². The Balaban J connectivity index is 1.34. The molecule has 2 aromatic heterocycles. The molecule has 0 unspecified atom stereocenters. The van der Waals surface area contributed by atoms with E-state index in [0.717, 1.165) is 59.8 Å². The van der Waals surface area contributed by atoms with Gasteiger partial charge in [0.15, 0.2) is 11.5 Å². The number of carbonyl (C=O) groups excluding carboxylic acids is 1. The van der Waals surface area contributed by atoms with Crippen molar-refractivity contribution in [2.24, 2.45) is 0 Å². The van der Waals surface area contributed by atoms with Crippen LogP contribution in [0.3, 0.4) is 0 Å². The van der Waals surface area contributed by atoms with Crippen molar-refractivity contribution in [1.29, 1.82) is 0 Å². The number of ether oxygens (including phenoxy) is 1. The monoisotopic (exact) mass is 470 g/mol. The topological polar surface area (TPSA) is 83.8 Å². The summed E-state index contributed by atoms with van der Waals surface area (Å²) in [4.78, 5) is 24.3. The zero-order chi connectivity index (χ0) is 24.4. The van der Waals surface area contributed by atoms with Crippen LogP contribution in [-0.4, -0.2) is 58.5 Å². The summed E-state index contributed by atoms with van der Waals surface area (Å²) < 4.78 is 7.27. The molecule has 0 atom stereocenters. The van der Waals surface area contributed by atoms with Gasteiger partial charge in [-0.25, -0.2) is 9.97 Å². The SMILES string of the molecule is COc1ccc(-c2cnc3c(Nc4ccc(C(=O)NC5CCN(C)CC5)c(C)c4)nccn23)cc1. The molecule has 35 heavy (non-hydrogen) atoms. The van der Waals surface area contributed by atoms with Crippen LogP contribution in [0.1, 0.15) is 28.8 Å². The summed E-state index contributed by atoms with van der Waals surface area (Å²) in [5.74, 6) is 1.45. The second-order valence-electron chi connectivity index (χ2n) is 9.05. The molecular formula is C27H30N6O2. The number of hydrogen-bond acceptors (Lipinski definition) is 6. The fourth-order valence-electron chi connectivity index (χ4n) is 4.53. The highest BCUT2D eigenvalue weighted by atomic mass is 16.5. The minimum Gasteiger partial charge on any atom is -0.497 e. The minimum atomic E-state index is -0.0128. The molecule has 1 aliphatic heterocycles. The van der Waals surface area contributed by atoms with E-state index >= 15 is 0 Å². The fraction of sp³-hybridized carbons (Fsp3) is 0.296. The number of fused-ring (bicyclic) bond motifs is 1. The first-order chi connectivity index (χ1) is 17.0. The molecule has 0 aliphatic carbocycles. The van der Waals surface area contributed by atoms with E-state index in [-0.39, 0.29) is 11.9 Å². The molecule has 0 radical (unpaired) electrons. The van der Waals surface area contributed by atoms with Crippen molar-refractivity contribution in [3.8, 4) is 17.0 Å². The highest BCUT2D eigenvalue weighted by Gasteiger charge is 2.20. The van der Waals surface area contributed by atoms with Gasteiger partial charge < -0.3 is 20.3 Å². The molecule has 0 saturated carbocycles. The van der Waals surface area contributed by atoms with Gasteiger partial charge in [-0.1, -0.05) is 0 Å². The largest absolute Gasteiger partial charge is 0.497 e. The summed E-state index contributed by atoms with van der Waals surface area (Å²) in [5.41, 5.74) is 5.18. The number of nitrogens with zero attached hydrogens (tertiary/aromatic N) is 4. The van der Waals surface area contributed by atoms with E-state index in [9.17, 15) is 4.79 Å². The highest BCUT2D eigenvalue weighted by molar-refractivity contribution is 5.96. The molecule has 1 saturated heterocycles. The van der Waals surface area contributed by atoms with Gasteiger partial charge in [-0.2, -0.15) is 0 Å². The molecule has 1 aliphatic rings. The van der Waals surface area contributed by atoms with Crippen LogP contribution in [0.5, 0.6) is 5.75 Å². The molecular weight excluding hydrogens is 440 g/mol. The van der Waals surface area contributed by atoms with Gasteiger partial charge in [0.05, 0.1) is 19.0 Å². The number of carbonyl (C=O) groups is 1. The van der Waals surface area contributed by atoms with Gasteiger partial charge in [0.1, 0.15) is 5.75 Å². The third-order valence-electron chi connectivity index (χ3n) is 6.60. The maximum absolute atomic E-state index is 12.9. The zero-order valence-corrected chi connectivity index (χ0v) is 20.3. The van der Waals surface area contributed by atoms with E-state index in [1.165, 1.54) is 0 Å². The first-order valence-electron chi connectivity index (χ1n) is 11.9. The predicted octanol–water partition coefficient (Wildman–Crippen LogP) is 4.28. The van der Waals surface area contributed by atoms with E-state index < -0.39 is 0 Å². The number of piperidine rings is 1. The molecule has 2 aromatic carbocycles. The number of aromatic nitrogens is 3. The van der Waals surface area contributed by atoms with Crippen LogP contribution in [0, 0.1) is 6.92 Å². The Labute approximate surface area is 205 Å². The Kier molecular flexibility index (Phi) is 6.37. The van der Waals surface area contributed by atoms with Crippen LogP contribution < -0.4 is 15.4 Å². The van der Waals surface area contributed by atoms with Crippen molar-refractivity contribution in [2.45, 2.75) is 25.8 Å². The van der Waals surface area contributed by atoms with Gasteiger partial charge in [-0.05, 0) is 87.9 Å². The molecule has 4 aromatic rings. The number of amides is 1. The van der Waals surface area contributed by atoms with Crippen molar-refractivity contribution in [3.63, 3.8) is 0 Å². The van der Waals surface area contributed by atoms with E-state index in [2.05, 4.69) is 32.5 Å². The molecule has 1 amide bonds. The van der Waals surface area contributed by atoms with Crippen LogP contribution in [0.4, 0.5) is 11.5 Å². The third-order valence-corrected chi connectivity index (χ3v) is 6.60. The average Bonchev–Trinajstić information content (AvgIpc) is 3.31. The van der Waals surface area contributed by atoms with E-state index in [1.54, 1.807) is 13.3 Å². The normalized spacial score (nSPS) is 14.7. The Bertz CT molecular complexity index is 1340. The molecule has 8 heteroatoms. The van der Waals surface area contributed by atoms with Crippen molar-refractivity contribution >= 4 is 23.1 Å². The number of benzene rings is 2. The van der Waals surface area contributed by atoms with Gasteiger partial charge in [-0.3, -0.25) is 9.20 Å². The molecule has 8 nitrogen and oxygen atoms in total. The quantitative estimate of drug-likeness (QED) is 0.438. The maximum atomic E-state index is 12.9. The summed E-state index contributed by atoms with van der Waals surface area (Å²) in [6, 6.07) is 13.9. The molecule has 5 rings (SSSR count). The lowest BCUT2D eigenvalue weighted by molar-refractivity contribution is 0.0916. The number of nitrogens with one attached hydrogen (secondary N) is 2. The number of aryl methyl sites for hydroxylation is 1. The Morgan fingerprint density at radius 2 is 1.86 bits per heavy atom. The van der Waals surface area contributed by atoms with E-state index in [4.69, 9.17) is 4.74 Å². The van der Waals surface area contributed by atoms with Crippen molar-refractivity contribution < 1.29 is 9.53 Å². The predicted molar refractivity (Wildman–Crippen MR) is 137 cm³/mol. The smallest absolute Gasteiger partial charge is 0.251 e. The number of imidazole rings is 1. The maximum Gasteiger partial charge on any atom is 0.251 e. The standard InChI is InChI=1S/C27H30N6O2/c1-18-16-21(6-9-23(18)27(34)31-20-10-13-32(2)14-11-20)30-25-26-29-17-24(33(26)15-12-28-25)19-4-7-22(35-3)8-5-19/h4-9,12,15-17,20H,10-11,13-14H2,1-3H3,(H,28,30)(H,31,34). The van der Waals surface area contributed by atoms with Gasteiger partial charge in [0, 0.05) is 35.2 Å². The minimum absolute atomic E-state index is 0.0128. The van der Waals surface area contributed by atoms with Crippen LogP contribution in [0.2, 0.25) is 0 Å². The second kappa shape index (κ2) is 9.76. The van der Waals surface area contributed by atoms with Crippen molar-refractivity contribution in [3.05, 3.63) is 72.2 Å². The van der Waals surface area contributed by atoms with Crippen molar-refractivity contribution in [2.75, 3.05) is 32.6 Å². The zero-order valence-electron chi connectivity index (χ0n) is 20.3. The van der Waals surface area contributed by atoms with Gasteiger partial charge in [0.25, 0.3) is 5.91 Å². The Hall–Kier alpha value is -3.91. The lowest BCUT2D eigenvalue weighted by Crippen LogP contribution is -2.43. The number of methoxy groups -OCH3 is 1. The van der Waals surface area contributed by atoms with Crippen LogP contribution in [0.25, 0.3) is 16.9 Å². The first-order valence-corrected chi connectivity index (χ1v) is 11.9. The first kappa shape index (κ1) is 22.9. The lowest BCUT2D eigenvalue weighted by Gasteiger charge is -2.29. The fourth-order valence-corrected chi connectivity index (χ4v) is 4.53. The molecule has 3 heterocycles. The average molecular weight is 471 g/mol. The summed E-state index contributed by atoms with van der Waals surface area (Å²) >= 11 is 0. The van der Waals surface area contributed by atoms with Crippen LogP contribution >= 0.6 is 0 Å². The van der Waals surface area contributed by atoms with Crippen LogP contribution in [0.15, 0.2) is 61.1 Å². The lowest BCUT2D eigenvalue weighted by atomic mass is 10.0. The molecule has 0 bridgehead atoms.